The van der Waals surface area contributed by atoms with Crippen LogP contribution >= 0.6 is 0 Å². The predicted octanol–water partition coefficient (Wildman–Crippen LogP) is 6.03. The number of nitrogens with one attached hydrogen (secondary N) is 2. The van der Waals surface area contributed by atoms with E-state index in [4.69, 9.17) is 4.74 Å². The number of rotatable bonds is 10. The van der Waals surface area contributed by atoms with E-state index in [0.717, 1.165) is 28.7 Å². The highest BCUT2D eigenvalue weighted by Crippen LogP contribution is 2.27. The molecule has 3 aromatic carbocycles. The van der Waals surface area contributed by atoms with Gasteiger partial charge >= 0.3 is 6.09 Å². The number of anilines is 1. The second-order valence-electron chi connectivity index (χ2n) is 11.3. The van der Waals surface area contributed by atoms with Crippen molar-refractivity contribution < 1.29 is 19.1 Å². The number of ether oxygens (including phenoxy) is 1. The molecular weight excluding hydrogens is 528 g/mol. The van der Waals surface area contributed by atoms with E-state index in [0.29, 0.717) is 11.3 Å². The highest BCUT2D eigenvalue weighted by molar-refractivity contribution is 6.00. The lowest BCUT2D eigenvalue weighted by Crippen LogP contribution is -2.53. The Hall–Kier alpha value is -4.64. The summed E-state index contributed by atoms with van der Waals surface area (Å²) in [5, 5.41) is 15.5. The average molecular weight is 569 g/mol. The molecular formula is C34H40N4O4. The molecule has 0 aromatic heterocycles. The zero-order valence-corrected chi connectivity index (χ0v) is 25.2. The first-order chi connectivity index (χ1) is 19.9. The molecule has 2 unspecified atom stereocenters. The zero-order valence-electron chi connectivity index (χ0n) is 25.2. The van der Waals surface area contributed by atoms with Crippen LogP contribution in [0.4, 0.5) is 10.5 Å². The summed E-state index contributed by atoms with van der Waals surface area (Å²) in [4.78, 5) is 42.4. The molecule has 3 amide bonds. The molecule has 0 radical (unpaired) electrons. The van der Waals surface area contributed by atoms with Crippen LogP contribution in [-0.2, 0) is 27.2 Å². The number of carbonyl (C=O) groups excluding carboxylic acids is 3. The summed E-state index contributed by atoms with van der Waals surface area (Å²) in [6, 6.07) is 22.2. The Balaban J connectivity index is 2.07. The predicted molar refractivity (Wildman–Crippen MR) is 164 cm³/mol. The molecule has 8 nitrogen and oxygen atoms in total. The first kappa shape index (κ1) is 31.9. The maximum atomic E-state index is 14.3. The van der Waals surface area contributed by atoms with Crippen molar-refractivity contribution >= 4 is 23.6 Å². The van der Waals surface area contributed by atoms with E-state index in [1.807, 2.05) is 81.4 Å². The summed E-state index contributed by atoms with van der Waals surface area (Å²) in [5.74, 6) is -1.04. The minimum absolute atomic E-state index is 0.140. The van der Waals surface area contributed by atoms with Crippen molar-refractivity contribution in [3.63, 3.8) is 0 Å². The summed E-state index contributed by atoms with van der Waals surface area (Å²) in [6.45, 7) is 10.6. The van der Waals surface area contributed by atoms with E-state index in [2.05, 4.69) is 16.7 Å². The van der Waals surface area contributed by atoms with Gasteiger partial charge in [0.05, 0.1) is 6.07 Å². The molecule has 0 saturated heterocycles. The largest absolute Gasteiger partial charge is 0.444 e. The fourth-order valence-electron chi connectivity index (χ4n) is 4.68. The zero-order chi connectivity index (χ0) is 30.9. The monoisotopic (exact) mass is 568 g/mol. The maximum absolute atomic E-state index is 14.3. The van der Waals surface area contributed by atoms with Crippen LogP contribution in [0.1, 0.15) is 61.6 Å². The van der Waals surface area contributed by atoms with Crippen molar-refractivity contribution in [3.8, 4) is 6.07 Å². The molecule has 3 aromatic rings. The van der Waals surface area contributed by atoms with Gasteiger partial charge in [0.1, 0.15) is 24.2 Å². The van der Waals surface area contributed by atoms with Gasteiger partial charge in [0.15, 0.2) is 0 Å². The van der Waals surface area contributed by atoms with Gasteiger partial charge in [-0.2, -0.15) is 5.26 Å². The summed E-state index contributed by atoms with van der Waals surface area (Å²) < 4.78 is 5.45. The van der Waals surface area contributed by atoms with Crippen molar-refractivity contribution in [3.05, 3.63) is 101 Å². The lowest BCUT2D eigenvalue weighted by atomic mass is 9.98. The Kier molecular flexibility index (Phi) is 10.9. The van der Waals surface area contributed by atoms with Crippen LogP contribution in [-0.4, -0.2) is 41.0 Å². The van der Waals surface area contributed by atoms with Crippen molar-refractivity contribution in [2.75, 3.05) is 11.9 Å². The molecule has 0 heterocycles. The molecule has 2 N–H and O–H groups in total. The number of para-hydroxylation sites is 1. The average Bonchev–Trinajstić information content (AvgIpc) is 2.94. The summed E-state index contributed by atoms with van der Waals surface area (Å²) >= 11 is 0. The van der Waals surface area contributed by atoms with Crippen LogP contribution in [0.2, 0.25) is 0 Å². The van der Waals surface area contributed by atoms with Gasteiger partial charge in [-0.3, -0.25) is 9.59 Å². The number of benzene rings is 3. The van der Waals surface area contributed by atoms with Gasteiger partial charge in [-0.1, -0.05) is 79.7 Å². The first-order valence-corrected chi connectivity index (χ1v) is 14.1. The Morgan fingerprint density at radius 2 is 1.52 bits per heavy atom. The van der Waals surface area contributed by atoms with Crippen LogP contribution < -0.4 is 10.6 Å². The summed E-state index contributed by atoms with van der Waals surface area (Å²) in [7, 11) is 0. The van der Waals surface area contributed by atoms with Crippen molar-refractivity contribution in [1.82, 2.24) is 10.2 Å². The molecule has 2 atom stereocenters. The molecule has 0 bridgehead atoms. The van der Waals surface area contributed by atoms with Crippen LogP contribution in [0.25, 0.3) is 0 Å². The highest BCUT2D eigenvalue weighted by atomic mass is 16.6. The van der Waals surface area contributed by atoms with Gasteiger partial charge in [-0.15, -0.1) is 0 Å². The molecule has 220 valence electrons. The Morgan fingerprint density at radius 3 is 2.07 bits per heavy atom. The van der Waals surface area contributed by atoms with Gasteiger partial charge in [0, 0.05) is 12.1 Å². The quantitative estimate of drug-likeness (QED) is 0.290. The summed E-state index contributed by atoms with van der Waals surface area (Å²) in [5.41, 5.74) is 4.02. The lowest BCUT2D eigenvalue weighted by molar-refractivity contribution is -0.140. The van der Waals surface area contributed by atoms with Crippen molar-refractivity contribution in [2.45, 2.75) is 72.1 Å². The molecule has 3 rings (SSSR count). The van der Waals surface area contributed by atoms with Gasteiger partial charge in [-0.05, 0) is 68.9 Å². The van der Waals surface area contributed by atoms with Crippen LogP contribution in [0.15, 0.2) is 72.8 Å². The number of amides is 3. The third-order valence-corrected chi connectivity index (χ3v) is 6.79. The van der Waals surface area contributed by atoms with E-state index in [-0.39, 0.29) is 13.0 Å². The molecule has 0 aliphatic carbocycles. The number of hydrogen-bond donors (Lipinski definition) is 2. The topological polar surface area (TPSA) is 112 Å². The molecule has 42 heavy (non-hydrogen) atoms. The third-order valence-electron chi connectivity index (χ3n) is 6.79. The van der Waals surface area contributed by atoms with Gasteiger partial charge in [0.2, 0.25) is 5.91 Å². The van der Waals surface area contributed by atoms with Crippen LogP contribution in [0, 0.1) is 25.2 Å². The molecule has 0 saturated carbocycles. The number of hydrogen-bond acceptors (Lipinski definition) is 5. The number of nitrogens with zero attached hydrogens (tertiary/aromatic N) is 2. The highest BCUT2D eigenvalue weighted by Gasteiger charge is 2.36. The summed E-state index contributed by atoms with van der Waals surface area (Å²) in [6.07, 6.45) is 0.178. The standard InChI is InChI=1S/C34H40N4O4/c1-7-25-16-18-27(19-17-25)30(31(39)37-29-23(2)12-11-13-24(29)3)38(21-20-35)32(40)28(22-26-14-9-8-10-15-26)36-33(41)42-34(4,5)6/h8-19,28,30H,7,21-22H2,1-6H3,(H,36,41)(H,37,39). The van der Waals surface area contributed by atoms with E-state index < -0.39 is 35.6 Å². The molecule has 0 aliphatic rings. The lowest BCUT2D eigenvalue weighted by Gasteiger charge is -2.33. The van der Waals surface area contributed by atoms with Gasteiger partial charge < -0.3 is 20.3 Å². The van der Waals surface area contributed by atoms with Crippen molar-refractivity contribution in [1.29, 1.82) is 5.26 Å². The SMILES string of the molecule is CCc1ccc(C(C(=O)Nc2c(C)cccc2C)N(CC#N)C(=O)C(Cc2ccccc2)NC(=O)OC(C)(C)C)cc1. The van der Waals surface area contributed by atoms with Crippen LogP contribution in [0.3, 0.4) is 0 Å². The number of carbonyl (C=O) groups is 3. The normalized spacial score (nSPS) is 12.4. The minimum Gasteiger partial charge on any atom is -0.444 e. The fourth-order valence-corrected chi connectivity index (χ4v) is 4.68. The van der Waals surface area contributed by atoms with E-state index >= 15 is 0 Å². The van der Waals surface area contributed by atoms with E-state index in [1.54, 1.807) is 32.9 Å². The van der Waals surface area contributed by atoms with Crippen LogP contribution in [0.5, 0.6) is 0 Å². The number of nitriles is 1. The van der Waals surface area contributed by atoms with Gasteiger partial charge in [0.25, 0.3) is 5.91 Å². The molecule has 0 spiro atoms. The van der Waals surface area contributed by atoms with E-state index in [1.165, 1.54) is 4.90 Å². The second-order valence-corrected chi connectivity index (χ2v) is 11.3. The van der Waals surface area contributed by atoms with Gasteiger partial charge in [-0.25, -0.2) is 4.79 Å². The fraction of sp³-hybridized carbons (Fsp3) is 0.353. The number of alkyl carbamates (subject to hydrolysis) is 1. The molecule has 0 aliphatic heterocycles. The molecule has 0 fully saturated rings. The third kappa shape index (κ3) is 8.68. The Labute approximate surface area is 248 Å². The smallest absolute Gasteiger partial charge is 0.408 e. The molecule has 8 heteroatoms. The number of aryl methyl sites for hydroxylation is 3. The Morgan fingerprint density at radius 1 is 0.905 bits per heavy atom. The second kappa shape index (κ2) is 14.3. The Bertz CT molecular complexity index is 1400. The first-order valence-electron chi connectivity index (χ1n) is 14.1. The van der Waals surface area contributed by atoms with E-state index in [9.17, 15) is 19.6 Å². The maximum Gasteiger partial charge on any atom is 0.408 e. The van der Waals surface area contributed by atoms with Crippen molar-refractivity contribution in [2.24, 2.45) is 0 Å². The minimum atomic E-state index is -1.14.